The molecule has 2 saturated heterocycles. The van der Waals surface area contributed by atoms with Gasteiger partial charge in [0.05, 0.1) is 0 Å². The lowest BCUT2D eigenvalue weighted by molar-refractivity contribution is -0.192. The third-order valence-corrected chi connectivity index (χ3v) is 7.62. The topological polar surface area (TPSA) is 114 Å². The molecule has 0 radical (unpaired) electrons. The minimum atomic E-state index is -5.08. The van der Waals surface area contributed by atoms with Crippen molar-refractivity contribution < 1.29 is 27.5 Å². The molecule has 4 heterocycles. The SMILES string of the molecule is CC(C)CCn1c(N2CCC3CNCC32)nc2c1c(=O)n(CCc1ccc(F)cc1)c(=O)n2C.O=C(O)C(F)(F)F. The van der Waals surface area contributed by atoms with E-state index < -0.39 is 12.1 Å². The van der Waals surface area contributed by atoms with Gasteiger partial charge in [-0.3, -0.25) is 13.9 Å². The maximum absolute atomic E-state index is 13.7. The number of fused-ring (bicyclic) bond motifs is 2. The molecule has 14 heteroatoms. The number of benzene rings is 1. The molecule has 2 aliphatic heterocycles. The van der Waals surface area contributed by atoms with Gasteiger partial charge in [0.1, 0.15) is 5.82 Å². The van der Waals surface area contributed by atoms with Crippen molar-refractivity contribution in [3.05, 3.63) is 56.5 Å². The third-order valence-electron chi connectivity index (χ3n) is 7.62. The number of aromatic nitrogens is 4. The highest BCUT2D eigenvalue weighted by atomic mass is 19.4. The van der Waals surface area contributed by atoms with Gasteiger partial charge in [-0.2, -0.15) is 18.2 Å². The fourth-order valence-corrected chi connectivity index (χ4v) is 5.37. The van der Waals surface area contributed by atoms with Gasteiger partial charge in [0.2, 0.25) is 5.95 Å². The summed E-state index contributed by atoms with van der Waals surface area (Å²) in [6.45, 7) is 8.09. The van der Waals surface area contributed by atoms with Crippen LogP contribution in [0, 0.1) is 17.7 Å². The van der Waals surface area contributed by atoms with Gasteiger partial charge in [-0.25, -0.2) is 14.0 Å². The summed E-state index contributed by atoms with van der Waals surface area (Å²) in [7, 11) is 1.69. The van der Waals surface area contributed by atoms with E-state index in [1.807, 2.05) is 4.57 Å². The molecule has 2 aliphatic rings. The molecule has 0 spiro atoms. The summed E-state index contributed by atoms with van der Waals surface area (Å²) in [5.41, 5.74) is 1.14. The zero-order chi connectivity index (χ0) is 30.1. The van der Waals surface area contributed by atoms with Crippen LogP contribution in [0.25, 0.3) is 11.2 Å². The molecule has 2 N–H and O–H groups in total. The summed E-state index contributed by atoms with van der Waals surface area (Å²) in [6.07, 6.45) is -2.60. The van der Waals surface area contributed by atoms with E-state index in [4.69, 9.17) is 14.9 Å². The number of nitrogens with zero attached hydrogens (tertiary/aromatic N) is 5. The number of alkyl halides is 3. The molecule has 1 aromatic carbocycles. The first-order valence-electron chi connectivity index (χ1n) is 13.5. The predicted octanol–water partition coefficient (Wildman–Crippen LogP) is 2.76. The number of aryl methyl sites for hydroxylation is 3. The second-order valence-electron chi connectivity index (χ2n) is 10.9. The maximum Gasteiger partial charge on any atom is 0.490 e. The Bertz CT molecular complexity index is 1510. The highest BCUT2D eigenvalue weighted by Crippen LogP contribution is 2.33. The van der Waals surface area contributed by atoms with Crippen LogP contribution in [0.3, 0.4) is 0 Å². The molecule has 0 aliphatic carbocycles. The zero-order valence-corrected chi connectivity index (χ0v) is 23.1. The monoisotopic (exact) mass is 582 g/mol. The number of halogens is 4. The molecule has 224 valence electrons. The fraction of sp³-hybridized carbons (Fsp3) is 0.556. The lowest BCUT2D eigenvalue weighted by Crippen LogP contribution is -2.40. The van der Waals surface area contributed by atoms with Crippen LogP contribution in [0.15, 0.2) is 33.9 Å². The summed E-state index contributed by atoms with van der Waals surface area (Å²) < 4.78 is 49.8. The highest BCUT2D eigenvalue weighted by molar-refractivity contribution is 5.75. The van der Waals surface area contributed by atoms with Crippen molar-refractivity contribution in [1.29, 1.82) is 0 Å². The van der Waals surface area contributed by atoms with Crippen molar-refractivity contribution in [1.82, 2.24) is 24.0 Å². The number of hydrogen-bond donors (Lipinski definition) is 2. The molecule has 10 nitrogen and oxygen atoms in total. The Morgan fingerprint density at radius 3 is 2.39 bits per heavy atom. The van der Waals surface area contributed by atoms with Gasteiger partial charge >= 0.3 is 17.8 Å². The van der Waals surface area contributed by atoms with Crippen LogP contribution in [0.4, 0.5) is 23.5 Å². The molecule has 2 atom stereocenters. The minimum Gasteiger partial charge on any atom is -0.475 e. The molecule has 41 heavy (non-hydrogen) atoms. The van der Waals surface area contributed by atoms with Crippen LogP contribution in [-0.4, -0.2) is 61.6 Å². The third kappa shape index (κ3) is 6.47. The number of carbonyl (C=O) groups is 1. The minimum absolute atomic E-state index is 0.232. The summed E-state index contributed by atoms with van der Waals surface area (Å²) in [4.78, 5) is 43.0. The van der Waals surface area contributed by atoms with Crippen molar-refractivity contribution in [2.24, 2.45) is 18.9 Å². The van der Waals surface area contributed by atoms with E-state index in [9.17, 15) is 27.2 Å². The zero-order valence-electron chi connectivity index (χ0n) is 23.1. The molecule has 2 fully saturated rings. The number of nitrogens with one attached hydrogen (secondary N) is 1. The Labute approximate surface area is 233 Å². The summed E-state index contributed by atoms with van der Waals surface area (Å²) in [5, 5.41) is 10.6. The van der Waals surface area contributed by atoms with Crippen LogP contribution in [-0.2, 0) is 31.4 Å². The maximum atomic E-state index is 13.7. The first kappa shape index (κ1) is 30.3. The predicted molar refractivity (Wildman–Crippen MR) is 145 cm³/mol. The first-order chi connectivity index (χ1) is 19.3. The lowest BCUT2D eigenvalue weighted by Gasteiger charge is -2.25. The lowest BCUT2D eigenvalue weighted by atomic mass is 10.1. The molecular weight excluding hydrogens is 548 g/mol. The normalized spacial score (nSPS) is 18.6. The molecule has 2 aromatic heterocycles. The van der Waals surface area contributed by atoms with Gasteiger partial charge < -0.3 is 19.9 Å². The van der Waals surface area contributed by atoms with E-state index in [1.165, 1.54) is 21.3 Å². The van der Waals surface area contributed by atoms with Gasteiger partial charge in [-0.1, -0.05) is 26.0 Å². The number of imidazole rings is 1. The van der Waals surface area contributed by atoms with E-state index in [0.29, 0.717) is 42.0 Å². The van der Waals surface area contributed by atoms with Crippen molar-refractivity contribution >= 4 is 23.1 Å². The van der Waals surface area contributed by atoms with E-state index in [1.54, 1.807) is 19.2 Å². The number of anilines is 1. The van der Waals surface area contributed by atoms with Gasteiger partial charge in [0.25, 0.3) is 5.56 Å². The molecule has 0 amide bonds. The summed E-state index contributed by atoms with van der Waals surface area (Å²) >= 11 is 0. The average molecular weight is 583 g/mol. The van der Waals surface area contributed by atoms with E-state index in [2.05, 4.69) is 24.1 Å². The number of hydrogen-bond acceptors (Lipinski definition) is 6. The molecular formula is C27H34F4N6O4. The molecule has 0 saturated carbocycles. The van der Waals surface area contributed by atoms with Gasteiger partial charge in [-0.05, 0) is 48.8 Å². The molecule has 2 unspecified atom stereocenters. The van der Waals surface area contributed by atoms with Crippen molar-refractivity contribution in [3.63, 3.8) is 0 Å². The van der Waals surface area contributed by atoms with Crippen molar-refractivity contribution in [3.8, 4) is 0 Å². The van der Waals surface area contributed by atoms with Gasteiger partial charge in [-0.15, -0.1) is 0 Å². The highest BCUT2D eigenvalue weighted by Gasteiger charge is 2.40. The van der Waals surface area contributed by atoms with Gasteiger partial charge in [0, 0.05) is 45.8 Å². The Balaban J connectivity index is 0.000000493. The fourth-order valence-electron chi connectivity index (χ4n) is 5.37. The van der Waals surface area contributed by atoms with Crippen LogP contribution in [0.2, 0.25) is 0 Å². The van der Waals surface area contributed by atoms with Crippen LogP contribution >= 0.6 is 0 Å². The standard InChI is InChI=1S/C25H33FN6O2.C2HF3O2/c1-16(2)8-11-31-21-22(28-24(31)30-13-10-18-14-27-15-20(18)30)29(3)25(34)32(23(21)33)12-9-17-4-6-19(26)7-5-17;3-2(4,5)1(6)7/h4-7,16,18,20,27H,8-15H2,1-3H3;(H,6,7). The molecule has 0 bridgehead atoms. The van der Waals surface area contributed by atoms with Crippen molar-refractivity contribution in [2.75, 3.05) is 24.5 Å². The quantitative estimate of drug-likeness (QED) is 0.412. The first-order valence-corrected chi connectivity index (χ1v) is 13.5. The van der Waals surface area contributed by atoms with E-state index in [0.717, 1.165) is 44.0 Å². The van der Waals surface area contributed by atoms with Crippen LogP contribution < -0.4 is 21.5 Å². The second-order valence-corrected chi connectivity index (χ2v) is 10.9. The number of aliphatic carboxylic acids is 1. The Kier molecular flexibility index (Phi) is 8.90. The van der Waals surface area contributed by atoms with Crippen LogP contribution in [0.1, 0.15) is 32.3 Å². The Morgan fingerprint density at radius 2 is 1.78 bits per heavy atom. The Hall–Kier alpha value is -3.68. The molecule has 5 rings (SSSR count). The van der Waals surface area contributed by atoms with Gasteiger partial charge in [0.15, 0.2) is 11.2 Å². The van der Waals surface area contributed by atoms with E-state index >= 15 is 0 Å². The number of rotatable bonds is 7. The number of carboxylic acid groups (broad SMARTS) is 1. The Morgan fingerprint density at radius 1 is 1.12 bits per heavy atom. The smallest absolute Gasteiger partial charge is 0.475 e. The summed E-state index contributed by atoms with van der Waals surface area (Å²) in [6, 6.07) is 6.54. The largest absolute Gasteiger partial charge is 0.490 e. The van der Waals surface area contributed by atoms with Crippen molar-refractivity contribution in [2.45, 2.75) is 58.4 Å². The number of carboxylic acids is 1. The second kappa shape index (κ2) is 12.0. The average Bonchev–Trinajstić information content (AvgIpc) is 3.62. The van der Waals surface area contributed by atoms with Crippen LogP contribution in [0.5, 0.6) is 0 Å². The molecule has 3 aromatic rings. The summed E-state index contributed by atoms with van der Waals surface area (Å²) in [5.74, 6) is -1.20. The van der Waals surface area contributed by atoms with E-state index in [-0.39, 0.29) is 23.6 Å².